The molecule has 172 valence electrons. The van der Waals surface area contributed by atoms with Crippen LogP contribution in [0.2, 0.25) is 0 Å². The lowest BCUT2D eigenvalue weighted by Crippen LogP contribution is -2.55. The predicted molar refractivity (Wildman–Crippen MR) is 110 cm³/mol. The Morgan fingerprint density at radius 2 is 1.94 bits per heavy atom. The number of ether oxygens (including phenoxy) is 2. The van der Waals surface area contributed by atoms with E-state index in [2.05, 4.69) is 15.2 Å². The third kappa shape index (κ3) is 6.75. The summed E-state index contributed by atoms with van der Waals surface area (Å²) >= 11 is 0. The first kappa shape index (κ1) is 23.2. The number of hydrogen-bond acceptors (Lipinski definition) is 4. The highest BCUT2D eigenvalue weighted by atomic mass is 19.4. The Bertz CT molecular complexity index is 758. The fourth-order valence-electron chi connectivity index (χ4n) is 3.64. The van der Waals surface area contributed by atoms with E-state index in [0.717, 1.165) is 12.8 Å². The van der Waals surface area contributed by atoms with Crippen LogP contribution in [0.25, 0.3) is 0 Å². The van der Waals surface area contributed by atoms with E-state index in [4.69, 9.17) is 9.47 Å². The van der Waals surface area contributed by atoms with Crippen molar-refractivity contribution in [3.8, 4) is 5.75 Å². The largest absolute Gasteiger partial charge is 0.484 e. The molecule has 0 aliphatic carbocycles. The van der Waals surface area contributed by atoms with E-state index in [1.54, 1.807) is 18.2 Å². The second-order valence-corrected chi connectivity index (χ2v) is 7.50. The van der Waals surface area contributed by atoms with Gasteiger partial charge in [0.25, 0.3) is 5.91 Å². The van der Waals surface area contributed by atoms with Gasteiger partial charge in [-0.15, -0.1) is 0 Å². The minimum absolute atomic E-state index is 0.0508. The Morgan fingerprint density at radius 3 is 2.58 bits per heavy atom. The molecule has 2 saturated heterocycles. The summed E-state index contributed by atoms with van der Waals surface area (Å²) in [6.45, 7) is 4.49. The summed E-state index contributed by atoms with van der Waals surface area (Å²) in [5.74, 6) is 0.888. The fraction of sp³-hybridized carbons (Fsp3) is 0.619. The maximum atomic E-state index is 12.5. The Labute approximate surface area is 180 Å². The summed E-state index contributed by atoms with van der Waals surface area (Å²) in [7, 11) is 0. The summed E-state index contributed by atoms with van der Waals surface area (Å²) in [5, 5.41) is 3.22. The monoisotopic (exact) mass is 442 g/mol. The van der Waals surface area contributed by atoms with E-state index < -0.39 is 12.8 Å². The van der Waals surface area contributed by atoms with Crippen LogP contribution in [0.4, 0.5) is 13.2 Å². The number of aliphatic imine (C=N–C) groups is 1. The smallest absolute Gasteiger partial charge is 0.422 e. The van der Waals surface area contributed by atoms with Gasteiger partial charge >= 0.3 is 6.18 Å². The van der Waals surface area contributed by atoms with Crippen LogP contribution in [-0.2, 0) is 16.1 Å². The zero-order valence-corrected chi connectivity index (χ0v) is 17.7. The standard InChI is InChI=1S/C21H29F3N4O3/c1-2-25-20(26-14-16-6-3-4-7-17(16)31-15-21(22,23)24)28-11-9-27(10-12-28)19(29)18-8-5-13-30-18/h3-4,6-7,18H,2,5,8-15H2,1H3,(H,25,26). The first-order valence-electron chi connectivity index (χ1n) is 10.6. The molecule has 2 aliphatic heterocycles. The van der Waals surface area contributed by atoms with E-state index in [9.17, 15) is 18.0 Å². The number of rotatable bonds is 6. The topological polar surface area (TPSA) is 66.4 Å². The molecule has 0 radical (unpaired) electrons. The molecule has 0 bridgehead atoms. The number of hydrogen-bond donors (Lipinski definition) is 1. The molecular weight excluding hydrogens is 413 g/mol. The molecule has 0 saturated carbocycles. The number of carbonyl (C=O) groups excluding carboxylic acids is 1. The van der Waals surface area contributed by atoms with E-state index in [1.807, 2.05) is 11.8 Å². The number of guanidine groups is 1. The maximum absolute atomic E-state index is 12.5. The van der Waals surface area contributed by atoms with Crippen molar-refractivity contribution in [2.24, 2.45) is 4.99 Å². The summed E-state index contributed by atoms with van der Waals surface area (Å²) in [6, 6.07) is 6.60. The van der Waals surface area contributed by atoms with Gasteiger partial charge in [0, 0.05) is 44.9 Å². The Morgan fingerprint density at radius 1 is 1.23 bits per heavy atom. The zero-order chi connectivity index (χ0) is 22.3. The molecule has 1 aromatic rings. The van der Waals surface area contributed by atoms with Crippen LogP contribution in [0, 0.1) is 0 Å². The molecule has 1 atom stereocenters. The fourth-order valence-corrected chi connectivity index (χ4v) is 3.64. The molecule has 1 unspecified atom stereocenters. The van der Waals surface area contributed by atoms with Gasteiger partial charge in [0.2, 0.25) is 0 Å². The lowest BCUT2D eigenvalue weighted by Gasteiger charge is -2.37. The highest BCUT2D eigenvalue weighted by molar-refractivity contribution is 5.83. The maximum Gasteiger partial charge on any atom is 0.422 e. The number of nitrogens with zero attached hydrogens (tertiary/aromatic N) is 3. The van der Waals surface area contributed by atoms with Gasteiger partial charge in [0.15, 0.2) is 12.6 Å². The van der Waals surface area contributed by atoms with Crippen LogP contribution in [-0.4, -0.2) is 79.9 Å². The number of nitrogens with one attached hydrogen (secondary N) is 1. The average Bonchev–Trinajstić information content (AvgIpc) is 3.30. The Balaban J connectivity index is 1.60. The molecule has 1 aromatic carbocycles. The first-order valence-corrected chi connectivity index (χ1v) is 10.6. The van der Waals surface area contributed by atoms with Crippen molar-refractivity contribution >= 4 is 11.9 Å². The first-order chi connectivity index (χ1) is 14.9. The molecule has 1 N–H and O–H groups in total. The second-order valence-electron chi connectivity index (χ2n) is 7.50. The molecule has 0 spiro atoms. The SMILES string of the molecule is CCNC(=NCc1ccccc1OCC(F)(F)F)N1CCN(C(=O)C2CCCO2)CC1. The van der Waals surface area contributed by atoms with Gasteiger partial charge < -0.3 is 24.6 Å². The molecule has 31 heavy (non-hydrogen) atoms. The Kier molecular flexibility index (Phi) is 8.00. The summed E-state index contributed by atoms with van der Waals surface area (Å²) in [6.07, 6.45) is -3.02. The van der Waals surface area contributed by atoms with Gasteiger partial charge in [0.1, 0.15) is 11.9 Å². The van der Waals surface area contributed by atoms with Gasteiger partial charge in [-0.1, -0.05) is 18.2 Å². The normalized spacial score (nSPS) is 20.1. The quantitative estimate of drug-likeness (QED) is 0.542. The van der Waals surface area contributed by atoms with E-state index in [-0.39, 0.29) is 24.3 Å². The zero-order valence-electron chi connectivity index (χ0n) is 17.7. The van der Waals surface area contributed by atoms with Crippen molar-refractivity contribution in [1.82, 2.24) is 15.1 Å². The van der Waals surface area contributed by atoms with Gasteiger partial charge in [-0.25, -0.2) is 4.99 Å². The molecular formula is C21H29F3N4O3. The minimum atomic E-state index is -4.40. The molecule has 1 amide bonds. The number of alkyl halides is 3. The lowest BCUT2D eigenvalue weighted by atomic mass is 10.2. The summed E-state index contributed by atoms with van der Waals surface area (Å²) < 4.78 is 48.0. The highest BCUT2D eigenvalue weighted by Gasteiger charge is 2.31. The van der Waals surface area contributed by atoms with Crippen LogP contribution in [0.3, 0.4) is 0 Å². The van der Waals surface area contributed by atoms with Crippen LogP contribution in [0.1, 0.15) is 25.3 Å². The molecule has 10 heteroatoms. The molecule has 7 nitrogen and oxygen atoms in total. The van der Waals surface area contributed by atoms with Crippen molar-refractivity contribution in [2.45, 2.75) is 38.6 Å². The molecule has 2 fully saturated rings. The third-order valence-electron chi connectivity index (χ3n) is 5.19. The number of halogens is 3. The van der Waals surface area contributed by atoms with Crippen molar-refractivity contribution in [3.05, 3.63) is 29.8 Å². The minimum Gasteiger partial charge on any atom is -0.484 e. The predicted octanol–water partition coefficient (Wildman–Crippen LogP) is 2.42. The molecule has 0 aromatic heterocycles. The number of carbonyl (C=O) groups is 1. The number of para-hydroxylation sites is 1. The molecule has 2 heterocycles. The van der Waals surface area contributed by atoms with Crippen molar-refractivity contribution in [1.29, 1.82) is 0 Å². The van der Waals surface area contributed by atoms with Gasteiger partial charge in [0.05, 0.1) is 6.54 Å². The van der Waals surface area contributed by atoms with E-state index >= 15 is 0 Å². The Hall–Kier alpha value is -2.49. The third-order valence-corrected chi connectivity index (χ3v) is 5.19. The second kappa shape index (κ2) is 10.7. The van der Waals surface area contributed by atoms with Crippen molar-refractivity contribution in [2.75, 3.05) is 45.9 Å². The average molecular weight is 442 g/mol. The van der Waals surface area contributed by atoms with Gasteiger partial charge in [-0.3, -0.25) is 4.79 Å². The van der Waals surface area contributed by atoms with Crippen molar-refractivity contribution < 1.29 is 27.4 Å². The summed E-state index contributed by atoms with van der Waals surface area (Å²) in [4.78, 5) is 21.0. The number of benzene rings is 1. The van der Waals surface area contributed by atoms with Crippen molar-refractivity contribution in [3.63, 3.8) is 0 Å². The number of amides is 1. The molecule has 2 aliphatic rings. The van der Waals surface area contributed by atoms with Crippen LogP contribution in [0.15, 0.2) is 29.3 Å². The van der Waals surface area contributed by atoms with Gasteiger partial charge in [-0.2, -0.15) is 13.2 Å². The highest BCUT2D eigenvalue weighted by Crippen LogP contribution is 2.23. The van der Waals surface area contributed by atoms with Crippen LogP contribution >= 0.6 is 0 Å². The molecule has 3 rings (SSSR count). The van der Waals surface area contributed by atoms with Gasteiger partial charge in [-0.05, 0) is 25.8 Å². The lowest BCUT2D eigenvalue weighted by molar-refractivity contribution is -0.153. The number of piperazine rings is 1. The van der Waals surface area contributed by atoms with Crippen LogP contribution < -0.4 is 10.1 Å². The van der Waals surface area contributed by atoms with Crippen LogP contribution in [0.5, 0.6) is 5.75 Å². The summed E-state index contributed by atoms with van der Waals surface area (Å²) in [5.41, 5.74) is 0.578. The van der Waals surface area contributed by atoms with E-state index in [0.29, 0.717) is 50.9 Å². The van der Waals surface area contributed by atoms with E-state index in [1.165, 1.54) is 6.07 Å².